The second-order valence-electron chi connectivity index (χ2n) is 5.64. The van der Waals surface area contributed by atoms with Crippen LogP contribution >= 0.6 is 0 Å². The quantitative estimate of drug-likeness (QED) is 0.842. The molecule has 1 saturated heterocycles. The molecule has 1 aliphatic heterocycles. The Labute approximate surface area is 113 Å². The first kappa shape index (κ1) is 12.5. The second kappa shape index (κ2) is 4.85. The standard InChI is InChI=1S/C15H21N3O/c1-10-4-3-5-11(2)18(10)9-15-17-13-8-12(16)6-7-14(13)19-15/h6-8,10-11H,3-5,9,16H2,1-2H3. The molecule has 1 aromatic heterocycles. The molecule has 0 bridgehead atoms. The predicted octanol–water partition coefficient (Wildman–Crippen LogP) is 3.17. The molecule has 102 valence electrons. The van der Waals surface area contributed by atoms with Crippen molar-refractivity contribution in [3.8, 4) is 0 Å². The highest BCUT2D eigenvalue weighted by molar-refractivity contribution is 5.76. The van der Waals surface area contributed by atoms with Gasteiger partial charge in [0, 0.05) is 17.8 Å². The molecule has 19 heavy (non-hydrogen) atoms. The fourth-order valence-electron chi connectivity index (χ4n) is 3.00. The Morgan fingerprint density at radius 1 is 1.32 bits per heavy atom. The molecule has 2 heterocycles. The minimum absolute atomic E-state index is 0.601. The molecule has 0 saturated carbocycles. The van der Waals surface area contributed by atoms with Gasteiger partial charge in [-0.25, -0.2) is 4.98 Å². The first-order valence-electron chi connectivity index (χ1n) is 7.04. The number of hydrogen-bond acceptors (Lipinski definition) is 4. The van der Waals surface area contributed by atoms with E-state index in [0.717, 1.165) is 29.2 Å². The number of likely N-dealkylation sites (tertiary alicyclic amines) is 1. The summed E-state index contributed by atoms with van der Waals surface area (Å²) in [4.78, 5) is 7.03. The van der Waals surface area contributed by atoms with E-state index in [0.29, 0.717) is 12.1 Å². The van der Waals surface area contributed by atoms with E-state index >= 15 is 0 Å². The van der Waals surface area contributed by atoms with E-state index in [-0.39, 0.29) is 0 Å². The molecule has 2 atom stereocenters. The number of benzene rings is 1. The van der Waals surface area contributed by atoms with Crippen molar-refractivity contribution < 1.29 is 4.42 Å². The summed E-state index contributed by atoms with van der Waals surface area (Å²) in [6, 6.07) is 6.81. The summed E-state index contributed by atoms with van der Waals surface area (Å²) < 4.78 is 5.81. The molecule has 0 spiro atoms. The van der Waals surface area contributed by atoms with Crippen LogP contribution in [0.2, 0.25) is 0 Å². The smallest absolute Gasteiger partial charge is 0.209 e. The molecular weight excluding hydrogens is 238 g/mol. The lowest BCUT2D eigenvalue weighted by molar-refractivity contribution is 0.0858. The summed E-state index contributed by atoms with van der Waals surface area (Å²) >= 11 is 0. The van der Waals surface area contributed by atoms with Gasteiger partial charge in [-0.2, -0.15) is 0 Å². The molecule has 1 aromatic carbocycles. The molecule has 2 aromatic rings. The zero-order valence-electron chi connectivity index (χ0n) is 11.6. The first-order valence-corrected chi connectivity index (χ1v) is 7.04. The van der Waals surface area contributed by atoms with Crippen molar-refractivity contribution in [3.63, 3.8) is 0 Å². The number of nitrogens with zero attached hydrogens (tertiary/aromatic N) is 2. The fraction of sp³-hybridized carbons (Fsp3) is 0.533. The highest BCUT2D eigenvalue weighted by Crippen LogP contribution is 2.26. The number of fused-ring (bicyclic) bond motifs is 1. The predicted molar refractivity (Wildman–Crippen MR) is 76.7 cm³/mol. The van der Waals surface area contributed by atoms with E-state index in [4.69, 9.17) is 10.2 Å². The molecule has 0 radical (unpaired) electrons. The summed E-state index contributed by atoms with van der Waals surface area (Å²) in [7, 11) is 0. The summed E-state index contributed by atoms with van der Waals surface area (Å²) in [5.74, 6) is 0.793. The summed E-state index contributed by atoms with van der Waals surface area (Å²) in [5.41, 5.74) is 8.17. The van der Waals surface area contributed by atoms with Gasteiger partial charge in [-0.1, -0.05) is 6.42 Å². The lowest BCUT2D eigenvalue weighted by Gasteiger charge is -2.38. The average Bonchev–Trinajstić information content (AvgIpc) is 2.75. The lowest BCUT2D eigenvalue weighted by Crippen LogP contribution is -2.43. The highest BCUT2D eigenvalue weighted by atomic mass is 16.3. The van der Waals surface area contributed by atoms with Crippen molar-refractivity contribution in [2.24, 2.45) is 0 Å². The number of anilines is 1. The molecule has 1 fully saturated rings. The third-order valence-electron chi connectivity index (χ3n) is 4.15. The van der Waals surface area contributed by atoms with Gasteiger partial charge in [0.15, 0.2) is 5.58 Å². The molecule has 0 amide bonds. The van der Waals surface area contributed by atoms with Crippen LogP contribution < -0.4 is 5.73 Å². The fourth-order valence-corrected chi connectivity index (χ4v) is 3.00. The summed E-state index contributed by atoms with van der Waals surface area (Å²) in [5, 5.41) is 0. The third kappa shape index (κ3) is 2.45. The summed E-state index contributed by atoms with van der Waals surface area (Å²) in [6.07, 6.45) is 3.85. The van der Waals surface area contributed by atoms with Gasteiger partial charge < -0.3 is 10.2 Å². The Bertz CT molecular complexity index is 568. The van der Waals surface area contributed by atoms with Crippen molar-refractivity contribution in [1.82, 2.24) is 9.88 Å². The van der Waals surface area contributed by atoms with Crippen molar-refractivity contribution in [1.29, 1.82) is 0 Å². The van der Waals surface area contributed by atoms with Crippen LogP contribution in [0.3, 0.4) is 0 Å². The van der Waals surface area contributed by atoms with Crippen molar-refractivity contribution in [2.75, 3.05) is 5.73 Å². The normalized spacial score (nSPS) is 24.9. The Morgan fingerprint density at radius 3 is 2.79 bits per heavy atom. The van der Waals surface area contributed by atoms with Gasteiger partial charge in [0.25, 0.3) is 0 Å². The number of rotatable bonds is 2. The monoisotopic (exact) mass is 259 g/mol. The van der Waals surface area contributed by atoms with E-state index < -0.39 is 0 Å². The summed E-state index contributed by atoms with van der Waals surface area (Å²) in [6.45, 7) is 5.36. The molecule has 3 rings (SSSR count). The number of nitrogen functional groups attached to an aromatic ring is 1. The number of aromatic nitrogens is 1. The van der Waals surface area contributed by atoms with Crippen molar-refractivity contribution in [2.45, 2.75) is 51.7 Å². The Kier molecular flexibility index (Phi) is 3.19. The molecule has 2 unspecified atom stereocenters. The zero-order chi connectivity index (χ0) is 13.4. The second-order valence-corrected chi connectivity index (χ2v) is 5.64. The van der Waals surface area contributed by atoms with Crippen LogP contribution in [-0.4, -0.2) is 22.0 Å². The van der Waals surface area contributed by atoms with E-state index in [1.54, 1.807) is 0 Å². The average molecular weight is 259 g/mol. The van der Waals surface area contributed by atoms with Gasteiger partial charge in [-0.15, -0.1) is 0 Å². The minimum Gasteiger partial charge on any atom is -0.439 e. The molecule has 2 N–H and O–H groups in total. The van der Waals surface area contributed by atoms with Gasteiger partial charge in [-0.05, 0) is 44.9 Å². The first-order chi connectivity index (χ1) is 9.13. The molecule has 0 aliphatic carbocycles. The van der Waals surface area contributed by atoms with Gasteiger partial charge in [0.05, 0.1) is 6.54 Å². The van der Waals surface area contributed by atoms with Crippen LogP contribution in [0.25, 0.3) is 11.1 Å². The molecule has 4 heteroatoms. The zero-order valence-corrected chi connectivity index (χ0v) is 11.6. The largest absolute Gasteiger partial charge is 0.439 e. The van der Waals surface area contributed by atoms with Crippen LogP contribution in [-0.2, 0) is 6.54 Å². The van der Waals surface area contributed by atoms with Crippen LogP contribution in [0.4, 0.5) is 5.69 Å². The van der Waals surface area contributed by atoms with Crippen LogP contribution in [0.1, 0.15) is 39.0 Å². The van der Waals surface area contributed by atoms with E-state index in [2.05, 4.69) is 23.7 Å². The lowest BCUT2D eigenvalue weighted by atomic mass is 9.98. The Balaban J connectivity index is 1.84. The number of hydrogen-bond donors (Lipinski definition) is 1. The molecular formula is C15H21N3O. The number of piperidine rings is 1. The van der Waals surface area contributed by atoms with E-state index in [9.17, 15) is 0 Å². The van der Waals surface area contributed by atoms with Crippen molar-refractivity contribution in [3.05, 3.63) is 24.1 Å². The number of nitrogens with two attached hydrogens (primary N) is 1. The number of oxazole rings is 1. The topological polar surface area (TPSA) is 55.3 Å². The van der Waals surface area contributed by atoms with Crippen LogP contribution in [0.15, 0.2) is 22.6 Å². The van der Waals surface area contributed by atoms with Gasteiger partial charge >= 0.3 is 0 Å². The molecule has 4 nitrogen and oxygen atoms in total. The maximum atomic E-state index is 5.81. The van der Waals surface area contributed by atoms with Gasteiger partial charge in [0.1, 0.15) is 5.52 Å². The third-order valence-corrected chi connectivity index (χ3v) is 4.15. The Hall–Kier alpha value is -1.55. The van der Waals surface area contributed by atoms with Gasteiger partial charge in [0.2, 0.25) is 5.89 Å². The SMILES string of the molecule is CC1CCCC(C)N1Cc1nc2cc(N)ccc2o1. The van der Waals surface area contributed by atoms with E-state index in [1.165, 1.54) is 19.3 Å². The van der Waals surface area contributed by atoms with Crippen molar-refractivity contribution >= 4 is 16.8 Å². The highest BCUT2D eigenvalue weighted by Gasteiger charge is 2.26. The van der Waals surface area contributed by atoms with Crippen LogP contribution in [0, 0.1) is 0 Å². The maximum Gasteiger partial charge on any atom is 0.209 e. The Morgan fingerprint density at radius 2 is 2.05 bits per heavy atom. The minimum atomic E-state index is 0.601. The molecule has 1 aliphatic rings. The van der Waals surface area contributed by atoms with E-state index in [1.807, 2.05) is 18.2 Å². The maximum absolute atomic E-state index is 5.81. The van der Waals surface area contributed by atoms with Gasteiger partial charge in [-0.3, -0.25) is 4.90 Å². The van der Waals surface area contributed by atoms with Crippen LogP contribution in [0.5, 0.6) is 0 Å².